The van der Waals surface area contributed by atoms with E-state index in [2.05, 4.69) is 15.0 Å². The molecule has 88 valence electrons. The fraction of sp³-hybridized carbons (Fsp3) is 0. The number of nitrogens with two attached hydrogens (primary N) is 1. The minimum Gasteiger partial charge on any atom is -0.394 e. The van der Waals surface area contributed by atoms with Gasteiger partial charge in [-0.15, -0.1) is 0 Å². The van der Waals surface area contributed by atoms with E-state index in [1.54, 1.807) is 18.5 Å². The summed E-state index contributed by atoms with van der Waals surface area (Å²) in [4.78, 5) is 22.6. The lowest BCUT2D eigenvalue weighted by Gasteiger charge is -2.02. The van der Waals surface area contributed by atoms with E-state index < -0.39 is 0 Å². The third kappa shape index (κ3) is 1.71. The fourth-order valence-electron chi connectivity index (χ4n) is 1.75. The predicted molar refractivity (Wildman–Crippen MR) is 70.0 cm³/mol. The van der Waals surface area contributed by atoms with E-state index in [4.69, 9.17) is 5.73 Å². The van der Waals surface area contributed by atoms with Gasteiger partial charge in [-0.05, 0) is 18.2 Å². The van der Waals surface area contributed by atoms with Gasteiger partial charge in [-0.2, -0.15) is 0 Å². The van der Waals surface area contributed by atoms with Gasteiger partial charge >= 0.3 is 0 Å². The van der Waals surface area contributed by atoms with Crippen LogP contribution in [0.25, 0.3) is 22.3 Å². The second-order valence-electron chi connectivity index (χ2n) is 3.92. The van der Waals surface area contributed by atoms with Crippen molar-refractivity contribution in [1.82, 2.24) is 15.0 Å². The maximum Gasteiger partial charge on any atom is 0.271 e. The Morgan fingerprint density at radius 1 is 1.17 bits per heavy atom. The number of benzene rings is 1. The third-order valence-corrected chi connectivity index (χ3v) is 2.68. The molecule has 0 saturated carbocycles. The number of anilines is 1. The van der Waals surface area contributed by atoms with Crippen molar-refractivity contribution < 1.29 is 0 Å². The van der Waals surface area contributed by atoms with Crippen molar-refractivity contribution in [2.45, 2.75) is 0 Å². The number of hydrogen-bond donors (Lipinski definition) is 2. The van der Waals surface area contributed by atoms with Crippen molar-refractivity contribution in [3.63, 3.8) is 0 Å². The van der Waals surface area contributed by atoms with Crippen LogP contribution in [0, 0.1) is 0 Å². The molecule has 0 unspecified atom stereocenters. The molecule has 18 heavy (non-hydrogen) atoms. The van der Waals surface area contributed by atoms with Crippen LogP contribution in [0.1, 0.15) is 0 Å². The van der Waals surface area contributed by atoms with Gasteiger partial charge < -0.3 is 10.7 Å². The summed E-state index contributed by atoms with van der Waals surface area (Å²) in [5.74, 6) is 0. The van der Waals surface area contributed by atoms with Crippen LogP contribution in [0.3, 0.4) is 0 Å². The largest absolute Gasteiger partial charge is 0.394 e. The van der Waals surface area contributed by atoms with Gasteiger partial charge in [-0.25, -0.2) is 4.98 Å². The van der Waals surface area contributed by atoms with Gasteiger partial charge in [0.15, 0.2) is 0 Å². The first-order valence-electron chi connectivity index (χ1n) is 5.44. The Hall–Kier alpha value is -2.69. The molecule has 2 heterocycles. The zero-order valence-electron chi connectivity index (χ0n) is 9.42. The molecule has 0 saturated heterocycles. The molecule has 0 aliphatic heterocycles. The number of H-pyrrole nitrogens is 1. The van der Waals surface area contributed by atoms with Gasteiger partial charge in [0.25, 0.3) is 5.56 Å². The molecule has 0 aliphatic rings. The molecule has 0 aliphatic carbocycles. The van der Waals surface area contributed by atoms with Gasteiger partial charge in [-0.3, -0.25) is 9.78 Å². The van der Waals surface area contributed by atoms with Crippen LogP contribution in [0.15, 0.2) is 47.5 Å². The summed E-state index contributed by atoms with van der Waals surface area (Å²) < 4.78 is 0. The summed E-state index contributed by atoms with van der Waals surface area (Å²) >= 11 is 0. The number of nitrogen functional groups attached to an aromatic ring is 1. The quantitative estimate of drug-likeness (QED) is 0.673. The fourth-order valence-corrected chi connectivity index (χ4v) is 1.75. The normalized spacial score (nSPS) is 10.7. The van der Waals surface area contributed by atoms with Crippen molar-refractivity contribution in [2.75, 3.05) is 5.73 Å². The number of aromatic amines is 1. The molecule has 5 heteroatoms. The monoisotopic (exact) mass is 238 g/mol. The van der Waals surface area contributed by atoms with E-state index in [1.807, 2.05) is 24.3 Å². The standard InChI is InChI=1S/C13H10N4O/c14-9-5-8(6-16-13(9)18)12-7-15-10-3-1-2-4-11(10)17-12/h1-7H,14H2,(H,16,18). The Bertz CT molecular complexity index is 779. The molecule has 3 aromatic rings. The van der Waals surface area contributed by atoms with E-state index in [9.17, 15) is 4.79 Å². The Balaban J connectivity index is 2.19. The summed E-state index contributed by atoms with van der Waals surface area (Å²) in [5.41, 5.74) is 8.50. The Morgan fingerprint density at radius 2 is 1.94 bits per heavy atom. The Morgan fingerprint density at radius 3 is 2.72 bits per heavy atom. The van der Waals surface area contributed by atoms with Crippen molar-refractivity contribution in [3.05, 3.63) is 53.1 Å². The molecular formula is C13H10N4O. The number of nitrogens with zero attached hydrogens (tertiary/aromatic N) is 2. The van der Waals surface area contributed by atoms with Crippen LogP contribution in [0.2, 0.25) is 0 Å². The molecule has 5 nitrogen and oxygen atoms in total. The minimum atomic E-state index is -0.299. The number of aromatic nitrogens is 3. The molecule has 0 radical (unpaired) electrons. The van der Waals surface area contributed by atoms with Gasteiger partial charge in [0.2, 0.25) is 0 Å². The van der Waals surface area contributed by atoms with Crippen LogP contribution >= 0.6 is 0 Å². The SMILES string of the molecule is Nc1cc(-c2cnc3ccccc3n2)c[nH]c1=O. The molecule has 0 fully saturated rings. The van der Waals surface area contributed by atoms with Crippen LogP contribution in [0.5, 0.6) is 0 Å². The average molecular weight is 238 g/mol. The summed E-state index contributed by atoms with van der Waals surface area (Å²) in [6.07, 6.45) is 3.24. The van der Waals surface area contributed by atoms with Crippen LogP contribution in [-0.2, 0) is 0 Å². The Labute approximate surface area is 102 Å². The van der Waals surface area contributed by atoms with Gasteiger partial charge in [0.1, 0.15) is 0 Å². The van der Waals surface area contributed by atoms with E-state index in [1.165, 1.54) is 0 Å². The second kappa shape index (κ2) is 3.96. The Kier molecular flexibility index (Phi) is 2.30. The lowest BCUT2D eigenvalue weighted by Crippen LogP contribution is -2.10. The summed E-state index contributed by atoms with van der Waals surface area (Å²) in [6, 6.07) is 9.20. The lowest BCUT2D eigenvalue weighted by atomic mass is 10.2. The molecule has 3 rings (SSSR count). The van der Waals surface area contributed by atoms with Crippen LogP contribution in [0.4, 0.5) is 5.69 Å². The summed E-state index contributed by atoms with van der Waals surface area (Å²) in [5, 5.41) is 0. The first-order valence-corrected chi connectivity index (χ1v) is 5.44. The molecular weight excluding hydrogens is 228 g/mol. The highest BCUT2D eigenvalue weighted by molar-refractivity contribution is 5.77. The van der Waals surface area contributed by atoms with Gasteiger partial charge in [0.05, 0.1) is 28.6 Å². The lowest BCUT2D eigenvalue weighted by molar-refractivity contribution is 1.22. The van der Waals surface area contributed by atoms with Crippen LogP contribution in [-0.4, -0.2) is 15.0 Å². The van der Waals surface area contributed by atoms with Gasteiger partial charge in [0, 0.05) is 11.8 Å². The smallest absolute Gasteiger partial charge is 0.271 e. The van der Waals surface area contributed by atoms with Crippen molar-refractivity contribution in [1.29, 1.82) is 0 Å². The highest BCUT2D eigenvalue weighted by atomic mass is 16.1. The highest BCUT2D eigenvalue weighted by Crippen LogP contribution is 2.18. The molecule has 1 aromatic carbocycles. The molecule has 0 amide bonds. The summed E-state index contributed by atoms with van der Waals surface area (Å²) in [6.45, 7) is 0. The highest BCUT2D eigenvalue weighted by Gasteiger charge is 2.04. The van der Waals surface area contributed by atoms with E-state index in [-0.39, 0.29) is 11.2 Å². The van der Waals surface area contributed by atoms with Crippen molar-refractivity contribution >= 4 is 16.7 Å². The van der Waals surface area contributed by atoms with Crippen molar-refractivity contribution in [2.24, 2.45) is 0 Å². The number of fused-ring (bicyclic) bond motifs is 1. The molecule has 0 atom stereocenters. The number of nitrogens with one attached hydrogen (secondary N) is 1. The molecule has 0 bridgehead atoms. The first kappa shape index (κ1) is 10.5. The predicted octanol–water partition coefficient (Wildman–Crippen LogP) is 1.57. The van der Waals surface area contributed by atoms with Gasteiger partial charge in [-0.1, -0.05) is 12.1 Å². The maximum absolute atomic E-state index is 11.2. The van der Waals surface area contributed by atoms with E-state index in [0.717, 1.165) is 16.6 Å². The molecule has 3 N–H and O–H groups in total. The van der Waals surface area contributed by atoms with Crippen molar-refractivity contribution in [3.8, 4) is 11.3 Å². The first-order chi connectivity index (χ1) is 8.74. The number of rotatable bonds is 1. The van der Waals surface area contributed by atoms with E-state index >= 15 is 0 Å². The number of para-hydroxylation sites is 2. The topological polar surface area (TPSA) is 84.7 Å². The zero-order valence-corrected chi connectivity index (χ0v) is 9.42. The second-order valence-corrected chi connectivity index (χ2v) is 3.92. The van der Waals surface area contributed by atoms with Crippen LogP contribution < -0.4 is 11.3 Å². The molecule has 2 aromatic heterocycles. The third-order valence-electron chi connectivity index (χ3n) is 2.68. The number of pyridine rings is 1. The average Bonchev–Trinajstić information content (AvgIpc) is 2.41. The zero-order chi connectivity index (χ0) is 12.5. The minimum absolute atomic E-state index is 0.169. The molecule has 0 spiro atoms. The summed E-state index contributed by atoms with van der Waals surface area (Å²) in [7, 11) is 0. The number of hydrogen-bond acceptors (Lipinski definition) is 4. The maximum atomic E-state index is 11.2. The van der Waals surface area contributed by atoms with E-state index in [0.29, 0.717) is 5.69 Å².